The average molecular weight is 628 g/mol. The number of amides is 3. The zero-order valence-corrected chi connectivity index (χ0v) is 24.5. The first kappa shape index (κ1) is 30.1. The number of carbonyl (C=O) groups excluding carboxylic acids is 3. The van der Waals surface area contributed by atoms with Crippen LogP contribution in [0.15, 0.2) is 71.6 Å². The molecule has 0 spiro atoms. The summed E-state index contributed by atoms with van der Waals surface area (Å²) in [5.41, 5.74) is 0.892. The molecule has 1 N–H and O–H groups in total. The van der Waals surface area contributed by atoms with Crippen molar-refractivity contribution in [2.45, 2.75) is 12.6 Å². The van der Waals surface area contributed by atoms with Crippen LogP contribution in [0.4, 0.5) is 24.5 Å². The van der Waals surface area contributed by atoms with E-state index in [0.717, 1.165) is 29.5 Å². The molecule has 1 saturated heterocycles. The lowest BCUT2D eigenvalue weighted by Crippen LogP contribution is -2.35. The summed E-state index contributed by atoms with van der Waals surface area (Å²) in [5, 5.41) is 2.42. The van der Waals surface area contributed by atoms with Gasteiger partial charge < -0.3 is 14.8 Å². The van der Waals surface area contributed by atoms with Crippen molar-refractivity contribution in [3.8, 4) is 11.5 Å². The maximum Gasteiger partial charge on any atom is 0.416 e. The Morgan fingerprint density at radius 1 is 0.930 bits per heavy atom. The summed E-state index contributed by atoms with van der Waals surface area (Å²) in [6.07, 6.45) is -4.12. The lowest BCUT2D eigenvalue weighted by molar-refractivity contribution is -0.137. The first-order chi connectivity index (χ1) is 20.5. The molecular weight excluding hydrogens is 603 g/mol. The van der Waals surface area contributed by atoms with E-state index in [4.69, 9.17) is 21.7 Å². The van der Waals surface area contributed by atoms with Crippen molar-refractivity contribution in [3.63, 3.8) is 0 Å². The number of alkyl halides is 3. The molecule has 3 aromatic rings. The van der Waals surface area contributed by atoms with Crippen molar-refractivity contribution in [2.24, 2.45) is 0 Å². The summed E-state index contributed by atoms with van der Waals surface area (Å²) in [4.78, 5) is 42.9. The number of methoxy groups -OCH3 is 2. The summed E-state index contributed by atoms with van der Waals surface area (Å²) in [6, 6.07) is 16.3. The summed E-state index contributed by atoms with van der Waals surface area (Å²) in [7, 11) is 3.07. The second kappa shape index (κ2) is 12.1. The van der Waals surface area contributed by atoms with Gasteiger partial charge in [-0.05, 0) is 48.4 Å². The Labute approximate surface area is 254 Å². The van der Waals surface area contributed by atoms with Crippen LogP contribution in [0.3, 0.4) is 0 Å². The Kier molecular flexibility index (Phi) is 8.47. The van der Waals surface area contributed by atoms with E-state index in [-0.39, 0.29) is 22.7 Å². The Morgan fingerprint density at radius 2 is 1.67 bits per heavy atom. The average Bonchev–Trinajstić information content (AvgIpc) is 3.41. The van der Waals surface area contributed by atoms with E-state index >= 15 is 0 Å². The van der Waals surface area contributed by atoms with Gasteiger partial charge in [0.1, 0.15) is 10.9 Å². The number of benzene rings is 3. The van der Waals surface area contributed by atoms with Crippen LogP contribution in [0.25, 0.3) is 5.57 Å². The normalized spacial score (nSPS) is 16.5. The van der Waals surface area contributed by atoms with E-state index in [2.05, 4.69) is 5.32 Å². The number of para-hydroxylation sites is 1. The summed E-state index contributed by atoms with van der Waals surface area (Å²) in [5.74, 6) is -0.582. The van der Waals surface area contributed by atoms with Crippen molar-refractivity contribution in [2.75, 3.05) is 37.5 Å². The number of fused-ring (bicyclic) bond motifs is 1. The smallest absolute Gasteiger partial charge is 0.416 e. The maximum absolute atomic E-state index is 13.7. The van der Waals surface area contributed by atoms with E-state index in [0.29, 0.717) is 33.5 Å². The minimum atomic E-state index is -4.58. The molecule has 0 radical (unpaired) electrons. The number of rotatable bonds is 8. The molecular formula is C30H24F3N3O5S2. The van der Waals surface area contributed by atoms with Gasteiger partial charge in [0.05, 0.1) is 35.9 Å². The Balaban J connectivity index is 1.35. The van der Waals surface area contributed by atoms with Crippen LogP contribution >= 0.6 is 24.0 Å². The second-order valence-corrected chi connectivity index (χ2v) is 11.1. The van der Waals surface area contributed by atoms with Gasteiger partial charge in [-0.25, -0.2) is 0 Å². The Bertz CT molecular complexity index is 1670. The fourth-order valence-corrected chi connectivity index (χ4v) is 6.17. The van der Waals surface area contributed by atoms with Crippen LogP contribution in [0, 0.1) is 0 Å². The standard InChI is InChI=1S/C30H24F3N3O5S2/c1-40-22-11-10-17(14-23(22)41-2)12-13-35-28(39)26(43-29(35)42)25-20-8-3-4-9-21(20)36(27(25)38)16-24(37)34-19-7-5-6-18(15-19)30(31,32)33/h3-11,14-15H,12-13,16H2,1-2H3,(H,34,37). The van der Waals surface area contributed by atoms with Gasteiger partial charge in [-0.15, -0.1) is 0 Å². The van der Waals surface area contributed by atoms with Gasteiger partial charge in [0, 0.05) is 17.8 Å². The number of ether oxygens (including phenoxy) is 2. The zero-order chi connectivity index (χ0) is 30.9. The first-order valence-electron chi connectivity index (χ1n) is 12.9. The number of hydrogen-bond donors (Lipinski definition) is 1. The zero-order valence-electron chi connectivity index (χ0n) is 22.9. The summed E-state index contributed by atoms with van der Waals surface area (Å²) < 4.78 is 50.2. The number of carbonyl (C=O) groups is 3. The number of hydrogen-bond acceptors (Lipinski definition) is 7. The van der Waals surface area contributed by atoms with Crippen molar-refractivity contribution < 1.29 is 37.0 Å². The first-order valence-corrected chi connectivity index (χ1v) is 14.1. The molecule has 3 amide bonds. The second-order valence-electron chi connectivity index (χ2n) is 9.50. The third-order valence-electron chi connectivity index (χ3n) is 6.85. The molecule has 2 aliphatic heterocycles. The summed E-state index contributed by atoms with van der Waals surface area (Å²) >= 11 is 6.51. The molecule has 1 fully saturated rings. The van der Waals surface area contributed by atoms with E-state index in [1.54, 1.807) is 30.3 Å². The fraction of sp³-hybridized carbons (Fsp3) is 0.200. The SMILES string of the molecule is COc1ccc(CCN2C(=O)C(=C3C(=O)N(CC(=O)Nc4cccc(C(F)(F)F)c4)c4ccccc43)SC2=S)cc1OC. The van der Waals surface area contributed by atoms with Crippen LogP contribution in [0.5, 0.6) is 11.5 Å². The molecule has 0 saturated carbocycles. The molecule has 13 heteroatoms. The maximum atomic E-state index is 13.7. The van der Waals surface area contributed by atoms with Crippen molar-refractivity contribution in [1.82, 2.24) is 4.90 Å². The molecule has 5 rings (SSSR count). The number of halogens is 3. The largest absolute Gasteiger partial charge is 0.493 e. The molecule has 2 aliphatic rings. The highest BCUT2D eigenvalue weighted by Crippen LogP contribution is 2.44. The number of nitrogens with one attached hydrogen (secondary N) is 1. The third kappa shape index (κ3) is 6.09. The third-order valence-corrected chi connectivity index (χ3v) is 8.30. The number of anilines is 2. The highest BCUT2D eigenvalue weighted by Gasteiger charge is 2.42. The molecule has 3 aromatic carbocycles. The molecule has 2 heterocycles. The van der Waals surface area contributed by atoms with Gasteiger partial charge in [0.2, 0.25) is 5.91 Å². The van der Waals surface area contributed by atoms with Crippen LogP contribution < -0.4 is 19.7 Å². The molecule has 0 atom stereocenters. The minimum absolute atomic E-state index is 0.0599. The highest BCUT2D eigenvalue weighted by molar-refractivity contribution is 8.26. The van der Waals surface area contributed by atoms with Crippen LogP contribution in [0.1, 0.15) is 16.7 Å². The Morgan fingerprint density at radius 3 is 2.40 bits per heavy atom. The van der Waals surface area contributed by atoms with Crippen molar-refractivity contribution >= 4 is 63.0 Å². The monoisotopic (exact) mass is 627 g/mol. The van der Waals surface area contributed by atoms with Gasteiger partial charge in [0.25, 0.3) is 11.8 Å². The van der Waals surface area contributed by atoms with Crippen LogP contribution in [-0.4, -0.2) is 54.3 Å². The quantitative estimate of drug-likeness (QED) is 0.260. The highest BCUT2D eigenvalue weighted by atomic mass is 32.2. The van der Waals surface area contributed by atoms with E-state index in [1.807, 2.05) is 12.1 Å². The van der Waals surface area contributed by atoms with E-state index in [1.165, 1.54) is 36.2 Å². The molecule has 222 valence electrons. The van der Waals surface area contributed by atoms with Gasteiger partial charge in [0.15, 0.2) is 11.5 Å². The number of nitrogens with zero attached hydrogens (tertiary/aromatic N) is 2. The predicted octanol–water partition coefficient (Wildman–Crippen LogP) is 5.52. The molecule has 0 aromatic heterocycles. The summed E-state index contributed by atoms with van der Waals surface area (Å²) in [6.45, 7) is -0.217. The molecule has 43 heavy (non-hydrogen) atoms. The number of thioether (sulfide) groups is 1. The van der Waals surface area contributed by atoms with Crippen molar-refractivity contribution in [3.05, 3.63) is 88.3 Å². The molecule has 8 nitrogen and oxygen atoms in total. The van der Waals surface area contributed by atoms with Gasteiger partial charge in [-0.3, -0.25) is 24.2 Å². The van der Waals surface area contributed by atoms with Gasteiger partial charge in [-0.1, -0.05) is 54.3 Å². The number of thiocarbonyl (C=S) groups is 1. The predicted molar refractivity (Wildman–Crippen MR) is 161 cm³/mol. The van der Waals surface area contributed by atoms with Gasteiger partial charge >= 0.3 is 6.18 Å². The Hall–Kier alpha value is -4.36. The topological polar surface area (TPSA) is 88.2 Å². The fourth-order valence-electron chi connectivity index (χ4n) is 4.79. The van der Waals surface area contributed by atoms with Crippen LogP contribution in [-0.2, 0) is 27.0 Å². The molecule has 0 bridgehead atoms. The van der Waals surface area contributed by atoms with Crippen LogP contribution in [0.2, 0.25) is 0 Å². The lowest BCUT2D eigenvalue weighted by Gasteiger charge is -2.17. The van der Waals surface area contributed by atoms with E-state index in [9.17, 15) is 27.6 Å². The molecule has 0 unspecified atom stereocenters. The van der Waals surface area contributed by atoms with Gasteiger partial charge in [-0.2, -0.15) is 13.2 Å². The van der Waals surface area contributed by atoms with E-state index < -0.39 is 36.0 Å². The van der Waals surface area contributed by atoms with Crippen molar-refractivity contribution in [1.29, 1.82) is 0 Å². The lowest BCUT2D eigenvalue weighted by atomic mass is 10.1. The minimum Gasteiger partial charge on any atom is -0.493 e. The molecule has 0 aliphatic carbocycles.